The smallest absolute Gasteiger partial charge is 0.321 e. The molecular weight excluding hydrogens is 370 g/mol. The van der Waals surface area contributed by atoms with E-state index in [4.69, 9.17) is 14.2 Å². The number of rotatable bonds is 8. The minimum atomic E-state index is -0.443. The summed E-state index contributed by atoms with van der Waals surface area (Å²) in [4.78, 5) is 10.4. The predicted molar refractivity (Wildman–Crippen MR) is 107 cm³/mol. The van der Waals surface area contributed by atoms with E-state index in [0.717, 1.165) is 22.6 Å². The van der Waals surface area contributed by atoms with Gasteiger partial charge in [-0.05, 0) is 48.4 Å². The normalized spacial score (nSPS) is 13.5. The molecule has 1 atom stereocenters. The van der Waals surface area contributed by atoms with Crippen molar-refractivity contribution in [3.05, 3.63) is 72.1 Å². The summed E-state index contributed by atoms with van der Waals surface area (Å²) in [6.07, 6.45) is 2.84. The highest BCUT2D eigenvalue weighted by Crippen LogP contribution is 2.33. The van der Waals surface area contributed by atoms with E-state index in [0.29, 0.717) is 31.4 Å². The highest BCUT2D eigenvalue weighted by Gasteiger charge is 2.16. The number of nitrogens with zero attached hydrogens (tertiary/aromatic N) is 3. The number of benzene rings is 2. The van der Waals surface area contributed by atoms with Crippen molar-refractivity contribution < 1.29 is 19.3 Å². The van der Waals surface area contributed by atoms with Gasteiger partial charge in [-0.15, -0.1) is 0 Å². The molecule has 1 aliphatic heterocycles. The van der Waals surface area contributed by atoms with Crippen molar-refractivity contribution in [1.82, 2.24) is 14.9 Å². The van der Waals surface area contributed by atoms with Crippen molar-refractivity contribution in [2.45, 2.75) is 26.1 Å². The number of ether oxygens (including phenoxy) is 3. The van der Waals surface area contributed by atoms with Crippen LogP contribution in [0.4, 0.5) is 0 Å². The molecule has 7 nitrogen and oxygen atoms in total. The van der Waals surface area contributed by atoms with Crippen LogP contribution in [0.5, 0.6) is 23.3 Å². The maximum atomic E-state index is 9.96. The SMILES string of the molecule is C[C@H](O)CN(Cc1cccc(Oc2ncccn2)c1)Cc1ccc2c(c1)OCO2. The summed E-state index contributed by atoms with van der Waals surface area (Å²) < 4.78 is 16.6. The molecule has 1 aliphatic rings. The van der Waals surface area contributed by atoms with E-state index in [1.807, 2.05) is 42.5 Å². The second-order valence-electron chi connectivity index (χ2n) is 6.99. The topological polar surface area (TPSA) is 76.9 Å². The van der Waals surface area contributed by atoms with Gasteiger partial charge in [0.1, 0.15) is 5.75 Å². The molecule has 0 aliphatic carbocycles. The van der Waals surface area contributed by atoms with Gasteiger partial charge in [0.25, 0.3) is 0 Å². The molecule has 1 aromatic heterocycles. The van der Waals surface area contributed by atoms with Crippen molar-refractivity contribution >= 4 is 0 Å². The number of aromatic nitrogens is 2. The fraction of sp³-hybridized carbons (Fsp3) is 0.273. The van der Waals surface area contributed by atoms with Gasteiger partial charge in [0.15, 0.2) is 11.5 Å². The fourth-order valence-electron chi connectivity index (χ4n) is 3.27. The van der Waals surface area contributed by atoms with Gasteiger partial charge in [-0.2, -0.15) is 0 Å². The molecule has 0 fully saturated rings. The highest BCUT2D eigenvalue weighted by atomic mass is 16.7. The van der Waals surface area contributed by atoms with Crippen LogP contribution < -0.4 is 14.2 Å². The molecular formula is C22H23N3O4. The first-order chi connectivity index (χ1) is 14.2. The third kappa shape index (κ3) is 5.22. The highest BCUT2D eigenvalue weighted by molar-refractivity contribution is 5.44. The summed E-state index contributed by atoms with van der Waals surface area (Å²) in [7, 11) is 0. The molecule has 2 aromatic carbocycles. The van der Waals surface area contributed by atoms with Crippen LogP contribution in [0.3, 0.4) is 0 Å². The van der Waals surface area contributed by atoms with Crippen LogP contribution in [0.15, 0.2) is 60.9 Å². The van der Waals surface area contributed by atoms with Gasteiger partial charge >= 0.3 is 6.01 Å². The van der Waals surface area contributed by atoms with E-state index in [9.17, 15) is 5.11 Å². The Morgan fingerprint density at radius 3 is 2.55 bits per heavy atom. The molecule has 0 bridgehead atoms. The van der Waals surface area contributed by atoms with E-state index in [1.165, 1.54) is 0 Å². The third-order valence-electron chi connectivity index (χ3n) is 4.42. The van der Waals surface area contributed by atoms with Crippen molar-refractivity contribution in [3.63, 3.8) is 0 Å². The van der Waals surface area contributed by atoms with Gasteiger partial charge in [0.2, 0.25) is 6.79 Å². The van der Waals surface area contributed by atoms with Crippen LogP contribution in [0.2, 0.25) is 0 Å². The average molecular weight is 393 g/mol. The summed E-state index contributed by atoms with van der Waals surface area (Å²) in [6, 6.07) is 15.8. The minimum absolute atomic E-state index is 0.258. The quantitative estimate of drug-likeness (QED) is 0.629. The van der Waals surface area contributed by atoms with Gasteiger partial charge in [0, 0.05) is 32.0 Å². The van der Waals surface area contributed by atoms with E-state index < -0.39 is 6.10 Å². The molecule has 150 valence electrons. The maximum absolute atomic E-state index is 9.96. The molecule has 4 rings (SSSR count). The third-order valence-corrected chi connectivity index (χ3v) is 4.42. The zero-order chi connectivity index (χ0) is 20.1. The molecule has 0 spiro atoms. The Bertz CT molecular complexity index is 950. The average Bonchev–Trinajstić information content (AvgIpc) is 3.16. The molecule has 3 aromatic rings. The molecule has 0 saturated heterocycles. The molecule has 0 unspecified atom stereocenters. The lowest BCUT2D eigenvalue weighted by Crippen LogP contribution is -2.30. The number of aliphatic hydroxyl groups is 1. The second kappa shape index (κ2) is 8.89. The molecule has 29 heavy (non-hydrogen) atoms. The number of fused-ring (bicyclic) bond motifs is 1. The van der Waals surface area contributed by atoms with E-state index >= 15 is 0 Å². The largest absolute Gasteiger partial charge is 0.454 e. The maximum Gasteiger partial charge on any atom is 0.321 e. The molecule has 7 heteroatoms. The Morgan fingerprint density at radius 2 is 1.76 bits per heavy atom. The zero-order valence-corrected chi connectivity index (χ0v) is 16.2. The Labute approximate surface area is 169 Å². The van der Waals surface area contributed by atoms with Crippen LogP contribution in [0.1, 0.15) is 18.1 Å². The van der Waals surface area contributed by atoms with Crippen molar-refractivity contribution in [3.8, 4) is 23.3 Å². The van der Waals surface area contributed by atoms with Crippen LogP contribution in [0.25, 0.3) is 0 Å². The van der Waals surface area contributed by atoms with Crippen molar-refractivity contribution in [2.24, 2.45) is 0 Å². The summed E-state index contributed by atoms with van der Waals surface area (Å²) in [5, 5.41) is 9.96. The van der Waals surface area contributed by atoms with Gasteiger partial charge in [0.05, 0.1) is 6.10 Å². The summed E-state index contributed by atoms with van der Waals surface area (Å²) in [6.45, 7) is 3.93. The number of aliphatic hydroxyl groups excluding tert-OH is 1. The lowest BCUT2D eigenvalue weighted by molar-refractivity contribution is 0.118. The van der Waals surface area contributed by atoms with Crippen LogP contribution >= 0.6 is 0 Å². The lowest BCUT2D eigenvalue weighted by Gasteiger charge is -2.24. The predicted octanol–water partition coefficient (Wildman–Crippen LogP) is 3.38. The van der Waals surface area contributed by atoms with Crippen LogP contribution in [-0.2, 0) is 13.1 Å². The van der Waals surface area contributed by atoms with Gasteiger partial charge in [-0.3, -0.25) is 4.90 Å². The van der Waals surface area contributed by atoms with Crippen LogP contribution in [-0.4, -0.2) is 39.4 Å². The lowest BCUT2D eigenvalue weighted by atomic mass is 10.1. The minimum Gasteiger partial charge on any atom is -0.454 e. The molecule has 0 radical (unpaired) electrons. The first-order valence-corrected chi connectivity index (χ1v) is 9.48. The number of hydrogen-bond acceptors (Lipinski definition) is 7. The van der Waals surface area contributed by atoms with Gasteiger partial charge < -0.3 is 19.3 Å². The van der Waals surface area contributed by atoms with E-state index in [1.54, 1.807) is 25.4 Å². The molecule has 0 amide bonds. The Balaban J connectivity index is 1.47. The Morgan fingerprint density at radius 1 is 1.00 bits per heavy atom. The fourth-order valence-corrected chi connectivity index (χ4v) is 3.27. The standard InChI is InChI=1S/C22H23N3O4/c1-16(26)12-25(14-18-6-7-20-21(11-18)28-15-27-20)13-17-4-2-5-19(10-17)29-22-23-8-3-9-24-22/h2-11,16,26H,12-15H2,1H3/t16-/m0/s1. The first kappa shape index (κ1) is 19.2. The molecule has 1 N–H and O–H groups in total. The zero-order valence-electron chi connectivity index (χ0n) is 16.2. The van der Waals surface area contributed by atoms with Gasteiger partial charge in [-0.1, -0.05) is 18.2 Å². The summed E-state index contributed by atoms with van der Waals surface area (Å²) in [5.41, 5.74) is 2.17. The van der Waals surface area contributed by atoms with E-state index in [2.05, 4.69) is 14.9 Å². The molecule has 0 saturated carbocycles. The van der Waals surface area contributed by atoms with Gasteiger partial charge in [-0.25, -0.2) is 9.97 Å². The van der Waals surface area contributed by atoms with Crippen molar-refractivity contribution in [2.75, 3.05) is 13.3 Å². The van der Waals surface area contributed by atoms with E-state index in [-0.39, 0.29) is 6.79 Å². The molecule has 2 heterocycles. The number of hydrogen-bond donors (Lipinski definition) is 1. The summed E-state index contributed by atoms with van der Waals surface area (Å²) >= 11 is 0. The Kier molecular flexibility index (Phi) is 5.88. The first-order valence-electron chi connectivity index (χ1n) is 9.48. The monoisotopic (exact) mass is 393 g/mol. The second-order valence-corrected chi connectivity index (χ2v) is 6.99. The van der Waals surface area contributed by atoms with Crippen LogP contribution in [0, 0.1) is 0 Å². The van der Waals surface area contributed by atoms with Crippen molar-refractivity contribution in [1.29, 1.82) is 0 Å². The summed E-state index contributed by atoms with van der Waals surface area (Å²) in [5.74, 6) is 2.20. The Hall–Kier alpha value is -3.16.